The molecule has 1 aromatic rings. The predicted octanol–water partition coefficient (Wildman–Crippen LogP) is 2.70. The quantitative estimate of drug-likeness (QED) is 0.775. The first-order valence-corrected chi connectivity index (χ1v) is 4.23. The number of hydrogen-bond donors (Lipinski definition) is 1. The zero-order valence-corrected chi connectivity index (χ0v) is 7.79. The minimum atomic E-state index is -2.78. The second kappa shape index (κ2) is 4.07. The minimum Gasteiger partial charge on any atom is -0.321 e. The molecule has 2 nitrogen and oxygen atoms in total. The van der Waals surface area contributed by atoms with Crippen LogP contribution in [0.5, 0.6) is 0 Å². The van der Waals surface area contributed by atoms with Crippen molar-refractivity contribution in [2.75, 3.05) is 0 Å². The summed E-state index contributed by atoms with van der Waals surface area (Å²) in [5.41, 5.74) is -1.10. The van der Waals surface area contributed by atoms with Gasteiger partial charge >= 0.3 is 0 Å². The van der Waals surface area contributed by atoms with Gasteiger partial charge in [0, 0.05) is 11.6 Å². The van der Waals surface area contributed by atoms with Gasteiger partial charge in [-0.15, -0.1) is 11.6 Å². The summed E-state index contributed by atoms with van der Waals surface area (Å²) >= 11 is 10.9. The summed E-state index contributed by atoms with van der Waals surface area (Å²) in [4.78, 5) is 12.8. The highest BCUT2D eigenvalue weighted by Gasteiger charge is 2.16. The van der Waals surface area contributed by atoms with Crippen LogP contribution < -0.4 is 5.56 Å². The van der Waals surface area contributed by atoms with Crippen LogP contribution in [0.15, 0.2) is 10.9 Å². The van der Waals surface area contributed by atoms with E-state index in [0.717, 1.165) is 6.07 Å². The Morgan fingerprint density at radius 3 is 2.62 bits per heavy atom. The molecule has 0 atom stereocenters. The number of hydrogen-bond acceptors (Lipinski definition) is 1. The van der Waals surface area contributed by atoms with E-state index < -0.39 is 17.7 Å². The van der Waals surface area contributed by atoms with E-state index in [1.165, 1.54) is 0 Å². The highest BCUT2D eigenvalue weighted by molar-refractivity contribution is 6.32. The fourth-order valence-electron chi connectivity index (χ4n) is 0.897. The van der Waals surface area contributed by atoms with Gasteiger partial charge in [-0.05, 0) is 0 Å². The maximum atomic E-state index is 12.3. The van der Waals surface area contributed by atoms with Gasteiger partial charge in [0.15, 0.2) is 0 Å². The van der Waals surface area contributed by atoms with Gasteiger partial charge < -0.3 is 4.98 Å². The SMILES string of the molecule is O=c1cc(Cl)c(CCl)c(C(F)F)[nH]1. The Morgan fingerprint density at radius 2 is 2.15 bits per heavy atom. The maximum absolute atomic E-state index is 12.3. The third kappa shape index (κ3) is 2.19. The van der Waals surface area contributed by atoms with Crippen molar-refractivity contribution in [2.45, 2.75) is 12.3 Å². The van der Waals surface area contributed by atoms with Crippen LogP contribution in [0.2, 0.25) is 5.02 Å². The predicted molar refractivity (Wildman–Crippen MR) is 46.6 cm³/mol. The van der Waals surface area contributed by atoms with Crippen molar-refractivity contribution < 1.29 is 8.78 Å². The highest BCUT2D eigenvalue weighted by atomic mass is 35.5. The zero-order chi connectivity index (χ0) is 10.0. The van der Waals surface area contributed by atoms with Crippen LogP contribution in [-0.4, -0.2) is 4.98 Å². The Hall–Kier alpha value is -0.610. The number of aromatic nitrogens is 1. The third-order valence-corrected chi connectivity index (χ3v) is 2.09. The van der Waals surface area contributed by atoms with Gasteiger partial charge in [0.25, 0.3) is 6.43 Å². The van der Waals surface area contributed by atoms with Gasteiger partial charge in [0.1, 0.15) is 0 Å². The molecule has 0 aliphatic heterocycles. The number of halogens is 4. The monoisotopic (exact) mass is 227 g/mol. The normalized spacial score (nSPS) is 10.8. The largest absolute Gasteiger partial charge is 0.321 e. The molecule has 0 aliphatic rings. The van der Waals surface area contributed by atoms with Crippen LogP contribution in [0.4, 0.5) is 8.78 Å². The molecular weight excluding hydrogens is 223 g/mol. The molecule has 1 heterocycles. The Bertz CT molecular complexity index is 364. The minimum absolute atomic E-state index is 0.0333. The summed E-state index contributed by atoms with van der Waals surface area (Å²) in [6, 6.07) is 1.02. The van der Waals surface area contributed by atoms with Gasteiger partial charge in [0.2, 0.25) is 5.56 Å². The molecule has 13 heavy (non-hydrogen) atoms. The molecule has 0 aromatic carbocycles. The van der Waals surface area contributed by atoms with E-state index >= 15 is 0 Å². The molecule has 0 aliphatic carbocycles. The Labute approximate surface area is 82.5 Å². The van der Waals surface area contributed by atoms with E-state index in [1.807, 2.05) is 4.98 Å². The topological polar surface area (TPSA) is 32.9 Å². The van der Waals surface area contributed by atoms with Crippen LogP contribution in [0, 0.1) is 0 Å². The molecule has 72 valence electrons. The van der Waals surface area contributed by atoms with Crippen LogP contribution in [0.25, 0.3) is 0 Å². The molecule has 0 spiro atoms. The number of rotatable bonds is 2. The fraction of sp³-hybridized carbons (Fsp3) is 0.286. The van der Waals surface area contributed by atoms with Gasteiger partial charge in [0.05, 0.1) is 16.6 Å². The summed E-state index contributed by atoms with van der Waals surface area (Å²) < 4.78 is 24.6. The Kier molecular flexibility index (Phi) is 3.27. The molecule has 0 saturated carbocycles. The molecule has 0 radical (unpaired) electrons. The lowest BCUT2D eigenvalue weighted by Gasteiger charge is -2.06. The average Bonchev–Trinajstić information content (AvgIpc) is 2.02. The van der Waals surface area contributed by atoms with E-state index in [-0.39, 0.29) is 16.5 Å². The standard InChI is InChI=1S/C7H5Cl2F2NO/c8-2-3-4(9)1-5(13)12-6(3)7(10)11/h1,7H,2H2,(H,12,13). The van der Waals surface area contributed by atoms with E-state index in [1.54, 1.807) is 0 Å². The molecule has 6 heteroatoms. The Morgan fingerprint density at radius 1 is 1.54 bits per heavy atom. The molecule has 0 bridgehead atoms. The zero-order valence-electron chi connectivity index (χ0n) is 6.28. The number of nitrogens with one attached hydrogen (secondary N) is 1. The van der Waals surface area contributed by atoms with Gasteiger partial charge in [-0.3, -0.25) is 4.79 Å². The van der Waals surface area contributed by atoms with Crippen molar-refractivity contribution in [1.82, 2.24) is 4.98 Å². The molecule has 1 N–H and O–H groups in total. The van der Waals surface area contributed by atoms with Crippen LogP contribution in [0.3, 0.4) is 0 Å². The second-order valence-corrected chi connectivity index (χ2v) is 2.98. The number of H-pyrrole nitrogens is 1. The summed E-state index contributed by atoms with van der Waals surface area (Å²) in [5, 5.41) is -0.0333. The van der Waals surface area contributed by atoms with E-state index in [2.05, 4.69) is 0 Å². The first-order valence-electron chi connectivity index (χ1n) is 3.32. The third-order valence-electron chi connectivity index (χ3n) is 1.48. The van der Waals surface area contributed by atoms with Gasteiger partial charge in [-0.1, -0.05) is 11.6 Å². The van der Waals surface area contributed by atoms with Crippen molar-refractivity contribution in [1.29, 1.82) is 0 Å². The molecule has 0 amide bonds. The van der Waals surface area contributed by atoms with Crippen LogP contribution in [0.1, 0.15) is 17.7 Å². The molecule has 1 aromatic heterocycles. The summed E-state index contributed by atoms with van der Waals surface area (Å²) in [7, 11) is 0. The summed E-state index contributed by atoms with van der Waals surface area (Å²) in [6.07, 6.45) is -2.78. The first-order chi connectivity index (χ1) is 6.06. The second-order valence-electron chi connectivity index (χ2n) is 2.31. The van der Waals surface area contributed by atoms with Crippen LogP contribution in [-0.2, 0) is 5.88 Å². The lowest BCUT2D eigenvalue weighted by molar-refractivity contribution is 0.145. The molecule has 1 rings (SSSR count). The van der Waals surface area contributed by atoms with Crippen molar-refractivity contribution in [3.05, 3.63) is 32.7 Å². The van der Waals surface area contributed by atoms with E-state index in [9.17, 15) is 13.6 Å². The maximum Gasteiger partial charge on any atom is 0.278 e. The molecular formula is C7H5Cl2F2NO. The summed E-state index contributed by atoms with van der Waals surface area (Å²) in [5.74, 6) is -0.157. The number of aromatic amines is 1. The molecule has 0 fully saturated rings. The molecule has 0 unspecified atom stereocenters. The first kappa shape index (κ1) is 10.5. The van der Waals surface area contributed by atoms with E-state index in [4.69, 9.17) is 23.2 Å². The summed E-state index contributed by atoms with van der Waals surface area (Å²) in [6.45, 7) is 0. The average molecular weight is 228 g/mol. The van der Waals surface area contributed by atoms with Crippen molar-refractivity contribution in [3.8, 4) is 0 Å². The van der Waals surface area contributed by atoms with Crippen molar-refractivity contribution in [3.63, 3.8) is 0 Å². The highest BCUT2D eigenvalue weighted by Crippen LogP contribution is 2.25. The number of pyridine rings is 1. The van der Waals surface area contributed by atoms with E-state index in [0.29, 0.717) is 0 Å². The fourth-order valence-corrected chi connectivity index (χ4v) is 1.52. The van der Waals surface area contributed by atoms with Crippen LogP contribution >= 0.6 is 23.2 Å². The smallest absolute Gasteiger partial charge is 0.278 e. The Balaban J connectivity index is 3.38. The lowest BCUT2D eigenvalue weighted by Crippen LogP contribution is -2.11. The number of alkyl halides is 3. The van der Waals surface area contributed by atoms with Crippen molar-refractivity contribution >= 4 is 23.2 Å². The lowest BCUT2D eigenvalue weighted by atomic mass is 10.2. The molecule has 0 saturated heterocycles. The van der Waals surface area contributed by atoms with Gasteiger partial charge in [-0.25, -0.2) is 8.78 Å². The van der Waals surface area contributed by atoms with Gasteiger partial charge in [-0.2, -0.15) is 0 Å². The van der Waals surface area contributed by atoms with Crippen molar-refractivity contribution in [2.24, 2.45) is 0 Å².